The number of fused-ring (bicyclic) bond motifs is 5. The zero-order valence-electron chi connectivity index (χ0n) is 17.2. The Hall–Kier alpha value is -2.11. The highest BCUT2D eigenvalue weighted by Crippen LogP contribution is 2.44. The first-order chi connectivity index (χ1) is 15.1. The van der Waals surface area contributed by atoms with Crippen LogP contribution in [0, 0.1) is 12.8 Å². The van der Waals surface area contributed by atoms with Crippen LogP contribution in [-0.4, -0.2) is 41.4 Å². The maximum atomic E-state index is 12.4. The average Bonchev–Trinajstić information content (AvgIpc) is 3.21. The number of carbonyl (C=O) groups is 1. The SMILES string of the molecule is Cc1nnc(NC(=O)CSc2nnc3c4c5c(sc4nc(C4CC4)n23)C[C@@H](C)CC5)s1. The van der Waals surface area contributed by atoms with E-state index in [1.54, 1.807) is 0 Å². The Morgan fingerprint density at radius 1 is 1.19 bits per heavy atom. The number of nitrogens with one attached hydrogen (secondary N) is 1. The molecule has 0 aromatic carbocycles. The predicted molar refractivity (Wildman–Crippen MR) is 123 cm³/mol. The third-order valence-corrected chi connectivity index (χ3v) is 8.67. The molecule has 2 aliphatic rings. The fraction of sp³-hybridized carbons (Fsp3) is 0.500. The van der Waals surface area contributed by atoms with Gasteiger partial charge in [-0.05, 0) is 50.5 Å². The van der Waals surface area contributed by atoms with Crippen molar-refractivity contribution >= 4 is 61.3 Å². The number of thioether (sulfide) groups is 1. The van der Waals surface area contributed by atoms with Gasteiger partial charge in [-0.15, -0.1) is 31.7 Å². The van der Waals surface area contributed by atoms with Crippen molar-refractivity contribution < 1.29 is 4.79 Å². The van der Waals surface area contributed by atoms with Crippen molar-refractivity contribution in [2.75, 3.05) is 11.1 Å². The lowest BCUT2D eigenvalue weighted by Gasteiger charge is -2.17. The van der Waals surface area contributed by atoms with Crippen LogP contribution in [0.5, 0.6) is 0 Å². The first-order valence-electron chi connectivity index (χ1n) is 10.5. The van der Waals surface area contributed by atoms with Crippen LogP contribution in [0.4, 0.5) is 5.13 Å². The number of nitrogens with zero attached hydrogens (tertiary/aromatic N) is 6. The molecule has 1 amide bonds. The van der Waals surface area contributed by atoms with E-state index >= 15 is 0 Å². The summed E-state index contributed by atoms with van der Waals surface area (Å²) in [6, 6.07) is 0. The molecule has 8 nitrogen and oxygen atoms in total. The Morgan fingerprint density at radius 2 is 2.06 bits per heavy atom. The summed E-state index contributed by atoms with van der Waals surface area (Å²) >= 11 is 4.60. The van der Waals surface area contributed by atoms with E-state index in [-0.39, 0.29) is 11.7 Å². The van der Waals surface area contributed by atoms with Gasteiger partial charge in [-0.2, -0.15) is 0 Å². The molecule has 0 bridgehead atoms. The molecule has 0 unspecified atom stereocenters. The lowest BCUT2D eigenvalue weighted by Crippen LogP contribution is -2.14. The second kappa shape index (κ2) is 7.49. The molecule has 0 saturated heterocycles. The van der Waals surface area contributed by atoms with Gasteiger partial charge < -0.3 is 0 Å². The first-order valence-corrected chi connectivity index (χ1v) is 13.1. The highest BCUT2D eigenvalue weighted by molar-refractivity contribution is 7.99. The summed E-state index contributed by atoms with van der Waals surface area (Å²) in [5.41, 5.74) is 2.31. The fourth-order valence-electron chi connectivity index (χ4n) is 4.18. The molecule has 0 radical (unpaired) electrons. The number of hydrogen-bond acceptors (Lipinski definition) is 9. The van der Waals surface area contributed by atoms with Gasteiger partial charge in [0.1, 0.15) is 15.7 Å². The monoisotopic (exact) mass is 471 g/mol. The molecule has 4 aromatic rings. The van der Waals surface area contributed by atoms with Crippen LogP contribution in [0.25, 0.3) is 15.9 Å². The summed E-state index contributed by atoms with van der Waals surface area (Å²) < 4.78 is 2.11. The first kappa shape index (κ1) is 19.6. The van der Waals surface area contributed by atoms with Gasteiger partial charge in [0.05, 0.1) is 11.1 Å². The molecule has 1 N–H and O–H groups in total. The van der Waals surface area contributed by atoms with Gasteiger partial charge >= 0.3 is 0 Å². The Labute approximate surface area is 190 Å². The van der Waals surface area contributed by atoms with E-state index in [9.17, 15) is 4.79 Å². The second-order valence-corrected chi connectivity index (χ2v) is 11.6. The zero-order chi connectivity index (χ0) is 21.1. The molecule has 31 heavy (non-hydrogen) atoms. The standard InChI is InChI=1S/C20H21N7OS3/c1-9-3-6-12-13(7-9)31-18-15(12)17-24-26-20(27(17)16(22-18)11-4-5-11)29-8-14(28)21-19-25-23-10(2)30-19/h9,11H,3-8H2,1-2H3,(H,21,25,28)/t9-/m0/s1. The van der Waals surface area contributed by atoms with E-state index in [4.69, 9.17) is 4.98 Å². The number of carbonyl (C=O) groups excluding carboxylic acids is 1. The van der Waals surface area contributed by atoms with Gasteiger partial charge in [-0.3, -0.25) is 14.5 Å². The lowest BCUT2D eigenvalue weighted by atomic mass is 9.89. The topological polar surface area (TPSA) is 98.0 Å². The number of rotatable bonds is 5. The van der Waals surface area contributed by atoms with Crippen molar-refractivity contribution in [3.63, 3.8) is 0 Å². The van der Waals surface area contributed by atoms with Gasteiger partial charge in [-0.1, -0.05) is 30.0 Å². The Bertz CT molecular complexity index is 1320. The number of aryl methyl sites for hydroxylation is 2. The molecular weight excluding hydrogens is 450 g/mol. The van der Waals surface area contributed by atoms with Crippen molar-refractivity contribution in [3.8, 4) is 0 Å². The van der Waals surface area contributed by atoms with E-state index in [2.05, 4.69) is 37.0 Å². The van der Waals surface area contributed by atoms with E-state index in [1.807, 2.05) is 18.3 Å². The van der Waals surface area contributed by atoms with Gasteiger partial charge in [0.2, 0.25) is 11.0 Å². The molecule has 4 heterocycles. The Kier molecular flexibility index (Phi) is 4.73. The number of anilines is 1. The number of hydrogen-bond donors (Lipinski definition) is 1. The lowest BCUT2D eigenvalue weighted by molar-refractivity contribution is -0.113. The van der Waals surface area contributed by atoms with Crippen LogP contribution in [0.1, 0.15) is 53.4 Å². The summed E-state index contributed by atoms with van der Waals surface area (Å²) in [5.74, 6) is 2.33. The number of aromatic nitrogens is 6. The van der Waals surface area contributed by atoms with Gasteiger partial charge in [0.15, 0.2) is 10.8 Å². The van der Waals surface area contributed by atoms with Crippen molar-refractivity contribution in [1.29, 1.82) is 0 Å². The smallest absolute Gasteiger partial charge is 0.236 e. The van der Waals surface area contributed by atoms with Gasteiger partial charge in [0.25, 0.3) is 0 Å². The highest BCUT2D eigenvalue weighted by atomic mass is 32.2. The second-order valence-electron chi connectivity index (χ2n) is 8.38. The molecule has 1 atom stereocenters. The van der Waals surface area contributed by atoms with Gasteiger partial charge in [0, 0.05) is 10.8 Å². The quantitative estimate of drug-likeness (QED) is 0.435. The van der Waals surface area contributed by atoms with Crippen molar-refractivity contribution in [3.05, 3.63) is 21.3 Å². The molecular formula is C20H21N7OS3. The third-order valence-electron chi connectivity index (χ3n) is 5.84. The molecule has 0 spiro atoms. The van der Waals surface area contributed by atoms with Crippen molar-refractivity contribution in [2.24, 2.45) is 5.92 Å². The van der Waals surface area contributed by atoms with Crippen LogP contribution >= 0.6 is 34.4 Å². The summed E-state index contributed by atoms with van der Waals surface area (Å²) in [5, 5.41) is 23.0. The number of amides is 1. The van der Waals surface area contributed by atoms with E-state index in [1.165, 1.54) is 45.3 Å². The normalized spacial score (nSPS) is 18.6. The van der Waals surface area contributed by atoms with Crippen LogP contribution in [0.15, 0.2) is 5.16 Å². The molecule has 6 rings (SSSR count). The largest absolute Gasteiger partial charge is 0.300 e. The van der Waals surface area contributed by atoms with Crippen LogP contribution in [-0.2, 0) is 17.6 Å². The summed E-state index contributed by atoms with van der Waals surface area (Å²) in [7, 11) is 0. The van der Waals surface area contributed by atoms with Crippen LogP contribution in [0.3, 0.4) is 0 Å². The minimum Gasteiger partial charge on any atom is -0.300 e. The minimum absolute atomic E-state index is 0.123. The number of thiophene rings is 1. The molecule has 11 heteroatoms. The Morgan fingerprint density at radius 3 is 2.84 bits per heavy atom. The summed E-state index contributed by atoms with van der Waals surface area (Å²) in [6.07, 6.45) is 5.71. The summed E-state index contributed by atoms with van der Waals surface area (Å²) in [6.45, 7) is 4.19. The zero-order valence-corrected chi connectivity index (χ0v) is 19.7. The molecule has 2 aliphatic carbocycles. The molecule has 160 valence electrons. The minimum atomic E-state index is -0.123. The molecule has 4 aromatic heterocycles. The molecule has 1 fully saturated rings. The van der Waals surface area contributed by atoms with E-state index in [0.29, 0.717) is 11.0 Å². The maximum Gasteiger partial charge on any atom is 0.236 e. The summed E-state index contributed by atoms with van der Waals surface area (Å²) in [4.78, 5) is 20.1. The Balaban J connectivity index is 1.36. The van der Waals surface area contributed by atoms with Gasteiger partial charge in [-0.25, -0.2) is 4.98 Å². The van der Waals surface area contributed by atoms with Crippen molar-refractivity contribution in [1.82, 2.24) is 29.8 Å². The average molecular weight is 472 g/mol. The van der Waals surface area contributed by atoms with Crippen LogP contribution < -0.4 is 5.32 Å². The molecule has 1 saturated carbocycles. The third kappa shape index (κ3) is 3.52. The fourth-order valence-corrected chi connectivity index (χ4v) is 6.91. The maximum absolute atomic E-state index is 12.4. The predicted octanol–water partition coefficient (Wildman–Crippen LogP) is 4.23. The van der Waals surface area contributed by atoms with Crippen LogP contribution in [0.2, 0.25) is 0 Å². The van der Waals surface area contributed by atoms with E-state index < -0.39 is 0 Å². The van der Waals surface area contributed by atoms with E-state index in [0.717, 1.165) is 58.1 Å². The van der Waals surface area contributed by atoms with Crippen molar-refractivity contribution in [2.45, 2.75) is 57.0 Å². The molecule has 0 aliphatic heterocycles. The highest BCUT2D eigenvalue weighted by Gasteiger charge is 2.32.